The standard InChI is InChI=1S/C25H26N4O4S.ClH/c1-16-7-8-20-22(17(16)2)26-25(34-20)28(10-9-27-11-13-33-14-12-27)21(30)15-29-23(31)18-5-3-4-6-19(18)24(29)32;/h3-8H,9-15H2,1-2H3;1H. The molecule has 0 N–H and O–H groups in total. The van der Waals surface area contributed by atoms with Gasteiger partial charge in [0.05, 0.1) is 34.6 Å². The van der Waals surface area contributed by atoms with Crippen LogP contribution in [0.25, 0.3) is 10.2 Å². The molecular formula is C25H27ClN4O4S. The zero-order chi connectivity index (χ0) is 23.8. The van der Waals surface area contributed by atoms with Crippen LogP contribution in [0.4, 0.5) is 5.13 Å². The summed E-state index contributed by atoms with van der Waals surface area (Å²) >= 11 is 1.45. The fourth-order valence-electron chi connectivity index (χ4n) is 4.33. The number of anilines is 1. The summed E-state index contributed by atoms with van der Waals surface area (Å²) in [6.45, 7) is 7.77. The quantitative estimate of drug-likeness (QED) is 0.469. The van der Waals surface area contributed by atoms with Crippen LogP contribution in [0.1, 0.15) is 31.8 Å². The van der Waals surface area contributed by atoms with Crippen LogP contribution < -0.4 is 4.90 Å². The molecule has 0 bridgehead atoms. The van der Waals surface area contributed by atoms with Gasteiger partial charge in [0.15, 0.2) is 5.13 Å². The molecule has 3 heterocycles. The van der Waals surface area contributed by atoms with Gasteiger partial charge in [-0.1, -0.05) is 29.5 Å². The second-order valence-corrected chi connectivity index (χ2v) is 9.60. The Morgan fingerprint density at radius 3 is 2.37 bits per heavy atom. The predicted molar refractivity (Wildman–Crippen MR) is 138 cm³/mol. The van der Waals surface area contributed by atoms with E-state index in [0.29, 0.717) is 42.6 Å². The summed E-state index contributed by atoms with van der Waals surface area (Å²) in [7, 11) is 0. The first-order valence-corrected chi connectivity index (χ1v) is 12.2. The maximum atomic E-state index is 13.5. The van der Waals surface area contributed by atoms with Crippen molar-refractivity contribution in [1.82, 2.24) is 14.8 Å². The van der Waals surface area contributed by atoms with Crippen molar-refractivity contribution in [3.8, 4) is 0 Å². The molecule has 1 saturated heterocycles. The van der Waals surface area contributed by atoms with Gasteiger partial charge in [-0.05, 0) is 43.2 Å². The zero-order valence-corrected chi connectivity index (χ0v) is 21.3. The third-order valence-electron chi connectivity index (χ3n) is 6.52. The molecule has 2 aliphatic heterocycles. The molecule has 10 heteroatoms. The van der Waals surface area contributed by atoms with Crippen molar-refractivity contribution < 1.29 is 19.1 Å². The first-order valence-electron chi connectivity index (χ1n) is 11.4. The molecule has 0 saturated carbocycles. The van der Waals surface area contributed by atoms with Crippen molar-refractivity contribution in [2.45, 2.75) is 13.8 Å². The number of rotatable bonds is 6. The van der Waals surface area contributed by atoms with Crippen molar-refractivity contribution in [3.63, 3.8) is 0 Å². The van der Waals surface area contributed by atoms with Gasteiger partial charge < -0.3 is 4.74 Å². The van der Waals surface area contributed by atoms with Crippen LogP contribution in [-0.2, 0) is 9.53 Å². The Bertz CT molecular complexity index is 1250. The van der Waals surface area contributed by atoms with Crippen molar-refractivity contribution in [3.05, 3.63) is 58.7 Å². The number of hydrogen-bond donors (Lipinski definition) is 0. The van der Waals surface area contributed by atoms with E-state index in [1.807, 2.05) is 19.9 Å². The Kier molecular flexibility index (Phi) is 7.51. The number of hydrogen-bond acceptors (Lipinski definition) is 7. The number of aromatic nitrogens is 1. The van der Waals surface area contributed by atoms with Gasteiger partial charge in [0.25, 0.3) is 11.8 Å². The number of benzene rings is 2. The number of imide groups is 1. The highest BCUT2D eigenvalue weighted by Crippen LogP contribution is 2.32. The molecule has 35 heavy (non-hydrogen) atoms. The van der Waals surface area contributed by atoms with Crippen molar-refractivity contribution in [2.24, 2.45) is 0 Å². The van der Waals surface area contributed by atoms with E-state index in [1.165, 1.54) is 11.3 Å². The van der Waals surface area contributed by atoms with E-state index in [1.54, 1.807) is 29.2 Å². The number of carbonyl (C=O) groups excluding carboxylic acids is 3. The molecule has 0 atom stereocenters. The molecule has 184 valence electrons. The molecule has 1 aromatic heterocycles. The number of morpholine rings is 1. The predicted octanol–water partition coefficient (Wildman–Crippen LogP) is 3.30. The van der Waals surface area contributed by atoms with Crippen molar-refractivity contribution in [2.75, 3.05) is 50.8 Å². The number of aryl methyl sites for hydroxylation is 2. The van der Waals surface area contributed by atoms with Gasteiger partial charge in [-0.3, -0.25) is 29.1 Å². The summed E-state index contributed by atoms with van der Waals surface area (Å²) < 4.78 is 6.43. The minimum Gasteiger partial charge on any atom is -0.379 e. The molecule has 2 aliphatic rings. The van der Waals surface area contributed by atoms with E-state index < -0.39 is 11.8 Å². The number of thiazole rings is 1. The maximum absolute atomic E-state index is 13.5. The fraction of sp³-hybridized carbons (Fsp3) is 0.360. The second-order valence-electron chi connectivity index (χ2n) is 8.59. The average Bonchev–Trinajstić information content (AvgIpc) is 3.38. The monoisotopic (exact) mass is 514 g/mol. The third kappa shape index (κ3) is 4.81. The summed E-state index contributed by atoms with van der Waals surface area (Å²) in [6, 6.07) is 10.8. The minimum absolute atomic E-state index is 0. The Balaban J connectivity index is 0.00000289. The average molecular weight is 515 g/mol. The van der Waals surface area contributed by atoms with Crippen LogP contribution in [0.5, 0.6) is 0 Å². The number of nitrogens with zero attached hydrogens (tertiary/aromatic N) is 4. The molecule has 3 amide bonds. The summed E-state index contributed by atoms with van der Waals surface area (Å²) in [5.41, 5.74) is 3.78. The number of halogens is 1. The molecule has 1 fully saturated rings. The number of ether oxygens (including phenoxy) is 1. The Hall–Kier alpha value is -2.85. The molecule has 5 rings (SSSR count). The first kappa shape index (κ1) is 25.2. The fourth-order valence-corrected chi connectivity index (χ4v) is 5.39. The van der Waals surface area contributed by atoms with Crippen LogP contribution in [0.15, 0.2) is 36.4 Å². The van der Waals surface area contributed by atoms with Crippen molar-refractivity contribution in [1.29, 1.82) is 0 Å². The molecule has 0 radical (unpaired) electrons. The lowest BCUT2D eigenvalue weighted by Gasteiger charge is -2.29. The maximum Gasteiger partial charge on any atom is 0.262 e. The summed E-state index contributed by atoms with van der Waals surface area (Å²) in [4.78, 5) is 48.9. The normalized spacial score (nSPS) is 15.9. The largest absolute Gasteiger partial charge is 0.379 e. The summed E-state index contributed by atoms with van der Waals surface area (Å²) in [6.07, 6.45) is 0. The smallest absolute Gasteiger partial charge is 0.262 e. The number of carbonyl (C=O) groups is 3. The number of amides is 3. The lowest BCUT2D eigenvalue weighted by molar-refractivity contribution is -0.119. The molecule has 3 aromatic rings. The molecular weight excluding hydrogens is 488 g/mol. The van der Waals surface area contributed by atoms with Crippen molar-refractivity contribution >= 4 is 56.8 Å². The SMILES string of the molecule is Cc1ccc2sc(N(CCN3CCOCC3)C(=O)CN3C(=O)c4ccccc4C3=O)nc2c1C.Cl. The van der Waals surface area contributed by atoms with Gasteiger partial charge >= 0.3 is 0 Å². The highest BCUT2D eigenvalue weighted by atomic mass is 35.5. The van der Waals surface area contributed by atoms with Crippen LogP contribution in [0.3, 0.4) is 0 Å². The molecule has 0 spiro atoms. The van der Waals surface area contributed by atoms with Crippen LogP contribution in [0, 0.1) is 13.8 Å². The topological polar surface area (TPSA) is 83.0 Å². The van der Waals surface area contributed by atoms with Gasteiger partial charge in [0.1, 0.15) is 6.54 Å². The molecule has 0 aliphatic carbocycles. The summed E-state index contributed by atoms with van der Waals surface area (Å²) in [5.74, 6) is -1.19. The highest BCUT2D eigenvalue weighted by Gasteiger charge is 2.37. The number of fused-ring (bicyclic) bond motifs is 2. The third-order valence-corrected chi connectivity index (χ3v) is 7.56. The highest BCUT2D eigenvalue weighted by molar-refractivity contribution is 7.22. The van der Waals surface area contributed by atoms with E-state index in [0.717, 1.165) is 39.3 Å². The van der Waals surface area contributed by atoms with Crippen LogP contribution >= 0.6 is 23.7 Å². The lowest BCUT2D eigenvalue weighted by Crippen LogP contribution is -2.47. The minimum atomic E-state index is -0.433. The van der Waals surface area contributed by atoms with Crippen LogP contribution in [0.2, 0.25) is 0 Å². The molecule has 8 nitrogen and oxygen atoms in total. The van der Waals surface area contributed by atoms with Crippen LogP contribution in [-0.4, -0.2) is 78.4 Å². The molecule has 0 unspecified atom stereocenters. The second kappa shape index (κ2) is 10.4. The van der Waals surface area contributed by atoms with Gasteiger partial charge in [-0.15, -0.1) is 12.4 Å². The zero-order valence-electron chi connectivity index (χ0n) is 19.7. The van der Waals surface area contributed by atoms with Gasteiger partial charge in [0, 0.05) is 26.2 Å². The molecule has 2 aromatic carbocycles. The van der Waals surface area contributed by atoms with E-state index in [2.05, 4.69) is 11.0 Å². The summed E-state index contributed by atoms with van der Waals surface area (Å²) in [5, 5.41) is 0.582. The Morgan fingerprint density at radius 2 is 1.71 bits per heavy atom. The first-order chi connectivity index (χ1) is 16.4. The van der Waals surface area contributed by atoms with E-state index in [9.17, 15) is 14.4 Å². The van der Waals surface area contributed by atoms with E-state index in [-0.39, 0.29) is 24.9 Å². The van der Waals surface area contributed by atoms with Gasteiger partial charge in [-0.2, -0.15) is 0 Å². The van der Waals surface area contributed by atoms with E-state index in [4.69, 9.17) is 9.72 Å². The Labute approximate surface area is 213 Å². The van der Waals surface area contributed by atoms with Gasteiger partial charge in [0.2, 0.25) is 5.91 Å². The van der Waals surface area contributed by atoms with E-state index >= 15 is 0 Å². The van der Waals surface area contributed by atoms with Gasteiger partial charge in [-0.25, -0.2) is 4.98 Å². The Morgan fingerprint density at radius 1 is 1.06 bits per heavy atom. The lowest BCUT2D eigenvalue weighted by atomic mass is 10.1.